The van der Waals surface area contributed by atoms with Crippen LogP contribution in [-0.4, -0.2) is 59.9 Å². The SMILES string of the molecule is Cc1ccc(-c2ncccn2)c(C(=O)N2C3CCC2C2C3N2c2cnc3ccccc3n2)n1. The number of carbonyl (C=O) groups excluding carboxylic acids is 1. The van der Waals surface area contributed by atoms with Crippen molar-refractivity contribution in [1.29, 1.82) is 0 Å². The lowest BCUT2D eigenvalue weighted by atomic mass is 10.0. The third kappa shape index (κ3) is 2.70. The second-order valence-electron chi connectivity index (χ2n) is 8.95. The molecule has 4 unspecified atom stereocenters. The van der Waals surface area contributed by atoms with Crippen molar-refractivity contribution in [3.8, 4) is 11.4 Å². The van der Waals surface area contributed by atoms with Crippen LogP contribution < -0.4 is 4.90 Å². The zero-order chi connectivity index (χ0) is 22.1. The number of nitrogens with zero attached hydrogens (tertiary/aromatic N) is 7. The van der Waals surface area contributed by atoms with Gasteiger partial charge in [-0.15, -0.1) is 0 Å². The van der Waals surface area contributed by atoms with Gasteiger partial charge in [-0.1, -0.05) is 12.1 Å². The number of amides is 1. The number of para-hydroxylation sites is 2. The summed E-state index contributed by atoms with van der Waals surface area (Å²) in [6.07, 6.45) is 7.23. The summed E-state index contributed by atoms with van der Waals surface area (Å²) < 4.78 is 0. The van der Waals surface area contributed by atoms with E-state index in [9.17, 15) is 4.79 Å². The van der Waals surface area contributed by atoms with Gasteiger partial charge in [-0.2, -0.15) is 0 Å². The molecule has 162 valence electrons. The summed E-state index contributed by atoms with van der Waals surface area (Å²) in [6, 6.07) is 14.4. The molecule has 0 spiro atoms. The molecule has 3 aliphatic rings. The maximum atomic E-state index is 13.8. The molecule has 3 aromatic heterocycles. The predicted molar refractivity (Wildman–Crippen MR) is 123 cm³/mol. The Kier molecular flexibility index (Phi) is 3.82. The Morgan fingerprint density at radius 1 is 0.879 bits per heavy atom. The minimum Gasteiger partial charge on any atom is -0.341 e. The van der Waals surface area contributed by atoms with Crippen LogP contribution in [0.25, 0.3) is 22.4 Å². The number of aryl methyl sites for hydroxylation is 1. The summed E-state index contributed by atoms with van der Waals surface area (Å²) >= 11 is 0. The fourth-order valence-electron chi connectivity index (χ4n) is 5.77. The Balaban J connectivity index is 1.21. The summed E-state index contributed by atoms with van der Waals surface area (Å²) in [5, 5.41) is 0. The molecule has 7 rings (SSSR count). The number of aromatic nitrogens is 5. The van der Waals surface area contributed by atoms with Crippen LogP contribution in [-0.2, 0) is 0 Å². The number of rotatable bonds is 3. The molecule has 3 aliphatic heterocycles. The monoisotopic (exact) mass is 435 g/mol. The molecule has 2 bridgehead atoms. The summed E-state index contributed by atoms with van der Waals surface area (Å²) in [6.45, 7) is 1.91. The summed E-state index contributed by atoms with van der Waals surface area (Å²) in [4.78, 5) is 41.0. The van der Waals surface area contributed by atoms with Crippen LogP contribution in [0.5, 0.6) is 0 Å². The summed E-state index contributed by atoms with van der Waals surface area (Å²) in [5.74, 6) is 1.41. The van der Waals surface area contributed by atoms with Gasteiger partial charge in [0.1, 0.15) is 11.5 Å². The van der Waals surface area contributed by atoms with Crippen LogP contribution in [0.3, 0.4) is 0 Å². The molecule has 0 aliphatic carbocycles. The first-order valence-electron chi connectivity index (χ1n) is 11.3. The van der Waals surface area contributed by atoms with Crippen LogP contribution in [0, 0.1) is 6.92 Å². The number of piperazine rings is 1. The molecule has 4 atom stereocenters. The van der Waals surface area contributed by atoms with Crippen LogP contribution in [0.4, 0.5) is 5.82 Å². The molecule has 3 fully saturated rings. The van der Waals surface area contributed by atoms with Crippen molar-refractivity contribution in [3.05, 3.63) is 72.4 Å². The van der Waals surface area contributed by atoms with E-state index in [-0.39, 0.29) is 18.0 Å². The number of carbonyl (C=O) groups is 1. The van der Waals surface area contributed by atoms with Crippen molar-refractivity contribution in [2.75, 3.05) is 4.90 Å². The fourth-order valence-corrected chi connectivity index (χ4v) is 5.77. The topological polar surface area (TPSA) is 87.8 Å². The summed E-state index contributed by atoms with van der Waals surface area (Å²) in [5.41, 5.74) is 3.73. The Morgan fingerprint density at radius 2 is 1.61 bits per heavy atom. The van der Waals surface area contributed by atoms with Gasteiger partial charge in [0.15, 0.2) is 5.82 Å². The average molecular weight is 435 g/mol. The zero-order valence-corrected chi connectivity index (χ0v) is 18.0. The van der Waals surface area contributed by atoms with Gasteiger partial charge in [0.25, 0.3) is 5.91 Å². The van der Waals surface area contributed by atoms with Gasteiger partial charge in [0.05, 0.1) is 47.0 Å². The van der Waals surface area contributed by atoms with Crippen LogP contribution in [0.1, 0.15) is 29.0 Å². The largest absolute Gasteiger partial charge is 0.341 e. The number of anilines is 1. The van der Waals surface area contributed by atoms with Crippen molar-refractivity contribution >= 4 is 22.8 Å². The quantitative estimate of drug-likeness (QED) is 0.457. The third-order valence-corrected chi connectivity index (χ3v) is 7.14. The molecule has 33 heavy (non-hydrogen) atoms. The van der Waals surface area contributed by atoms with Crippen molar-refractivity contribution in [1.82, 2.24) is 29.8 Å². The van der Waals surface area contributed by atoms with E-state index < -0.39 is 0 Å². The third-order valence-electron chi connectivity index (χ3n) is 7.14. The Morgan fingerprint density at radius 3 is 2.36 bits per heavy atom. The highest BCUT2D eigenvalue weighted by atomic mass is 16.2. The van der Waals surface area contributed by atoms with E-state index in [4.69, 9.17) is 4.98 Å². The Bertz CT molecular complexity index is 1390. The number of fused-ring (bicyclic) bond motifs is 6. The first-order valence-corrected chi connectivity index (χ1v) is 11.3. The van der Waals surface area contributed by atoms with E-state index >= 15 is 0 Å². The Labute approximate surface area is 190 Å². The van der Waals surface area contributed by atoms with Gasteiger partial charge in [-0.05, 0) is 50.1 Å². The molecule has 0 N–H and O–H groups in total. The van der Waals surface area contributed by atoms with Gasteiger partial charge in [-0.3, -0.25) is 9.78 Å². The average Bonchev–Trinajstić information content (AvgIpc) is 3.37. The number of benzene rings is 1. The highest BCUT2D eigenvalue weighted by molar-refractivity contribution is 5.99. The molecular formula is C25H21N7O. The number of pyridine rings is 1. The van der Waals surface area contributed by atoms with E-state index in [2.05, 4.69) is 29.7 Å². The summed E-state index contributed by atoms with van der Waals surface area (Å²) in [7, 11) is 0. The highest BCUT2D eigenvalue weighted by Crippen LogP contribution is 2.54. The molecule has 0 radical (unpaired) electrons. The van der Waals surface area contributed by atoms with Crippen molar-refractivity contribution in [2.45, 2.75) is 43.9 Å². The highest BCUT2D eigenvalue weighted by Gasteiger charge is 2.69. The Hall–Kier alpha value is -3.94. The van der Waals surface area contributed by atoms with E-state index in [0.717, 1.165) is 35.4 Å². The van der Waals surface area contributed by atoms with E-state index in [1.54, 1.807) is 18.5 Å². The van der Waals surface area contributed by atoms with Gasteiger partial charge >= 0.3 is 0 Å². The second-order valence-corrected chi connectivity index (χ2v) is 8.95. The van der Waals surface area contributed by atoms with Gasteiger partial charge in [-0.25, -0.2) is 19.9 Å². The lowest BCUT2D eigenvalue weighted by Gasteiger charge is -2.28. The lowest BCUT2D eigenvalue weighted by Crippen LogP contribution is -2.43. The van der Waals surface area contributed by atoms with Crippen LogP contribution >= 0.6 is 0 Å². The molecule has 0 saturated carbocycles. The van der Waals surface area contributed by atoms with Gasteiger partial charge < -0.3 is 9.80 Å². The fraction of sp³-hybridized carbons (Fsp3) is 0.280. The molecule has 4 aromatic rings. The first kappa shape index (κ1) is 18.6. The normalized spacial score (nSPS) is 24.9. The minimum atomic E-state index is -0.0228. The smallest absolute Gasteiger partial charge is 0.273 e. The predicted octanol–water partition coefficient (Wildman–Crippen LogP) is 3.03. The molecule has 3 saturated heterocycles. The van der Waals surface area contributed by atoms with Crippen LogP contribution in [0.15, 0.2) is 61.1 Å². The molecule has 8 heteroatoms. The van der Waals surface area contributed by atoms with Crippen molar-refractivity contribution in [2.24, 2.45) is 0 Å². The van der Waals surface area contributed by atoms with Crippen LogP contribution in [0.2, 0.25) is 0 Å². The van der Waals surface area contributed by atoms with Gasteiger partial charge in [0.2, 0.25) is 0 Å². The maximum Gasteiger partial charge on any atom is 0.273 e. The minimum absolute atomic E-state index is 0.0228. The van der Waals surface area contributed by atoms with E-state index in [0.29, 0.717) is 29.2 Å². The van der Waals surface area contributed by atoms with Crippen molar-refractivity contribution in [3.63, 3.8) is 0 Å². The van der Waals surface area contributed by atoms with E-state index in [1.807, 2.05) is 49.5 Å². The zero-order valence-electron chi connectivity index (χ0n) is 18.0. The standard InChI is InChI=1S/C25H21N7O/c1-14-7-8-15(24-26-11-4-12-27-24)21(29-14)25(33)31-18-9-10-19(31)23-22(18)32(23)20-13-28-16-5-2-3-6-17(16)30-20/h2-8,11-13,18-19,22-23H,9-10H2,1H3. The maximum absolute atomic E-state index is 13.8. The molecule has 8 nitrogen and oxygen atoms in total. The first-order chi connectivity index (χ1) is 16.2. The van der Waals surface area contributed by atoms with E-state index in [1.165, 1.54) is 0 Å². The molecular weight excluding hydrogens is 414 g/mol. The second kappa shape index (κ2) is 6.78. The van der Waals surface area contributed by atoms with Crippen molar-refractivity contribution < 1.29 is 4.79 Å². The number of hydrogen-bond acceptors (Lipinski definition) is 7. The van der Waals surface area contributed by atoms with Gasteiger partial charge in [0, 0.05) is 18.1 Å². The molecule has 1 amide bonds. The molecule has 1 aromatic carbocycles. The number of hydrogen-bond donors (Lipinski definition) is 0. The lowest BCUT2D eigenvalue weighted by molar-refractivity contribution is 0.0706. The molecule has 6 heterocycles.